The van der Waals surface area contributed by atoms with Gasteiger partial charge in [0.2, 0.25) is 5.95 Å². The molecule has 1 aromatic carbocycles. The molecule has 1 saturated carbocycles. The molecular formula is C28H34FN5O3S. The SMILES string of the molecule is CC(C)(C)OC(=O)N1CCC(O)(c2nc(-c3ccccc3F)c(-c3ccnc(NC4CCCC4)n3)s2)CC1. The highest BCUT2D eigenvalue weighted by Gasteiger charge is 2.40. The Morgan fingerprint density at radius 1 is 1.16 bits per heavy atom. The summed E-state index contributed by atoms with van der Waals surface area (Å²) in [4.78, 5) is 28.7. The number of rotatable bonds is 5. The van der Waals surface area contributed by atoms with E-state index in [9.17, 15) is 14.3 Å². The van der Waals surface area contributed by atoms with E-state index in [1.54, 1.807) is 35.4 Å². The molecule has 1 amide bonds. The summed E-state index contributed by atoms with van der Waals surface area (Å²) < 4.78 is 20.4. The maximum absolute atomic E-state index is 14.9. The number of halogens is 1. The van der Waals surface area contributed by atoms with Gasteiger partial charge in [-0.25, -0.2) is 24.1 Å². The highest BCUT2D eigenvalue weighted by atomic mass is 32.1. The third kappa shape index (κ3) is 5.81. The van der Waals surface area contributed by atoms with Crippen molar-refractivity contribution >= 4 is 23.4 Å². The van der Waals surface area contributed by atoms with E-state index in [-0.39, 0.29) is 0 Å². The number of hydrogen-bond acceptors (Lipinski definition) is 8. The minimum absolute atomic E-state index is 0.300. The highest BCUT2D eigenvalue weighted by molar-refractivity contribution is 7.15. The van der Waals surface area contributed by atoms with Crippen molar-refractivity contribution in [2.24, 2.45) is 0 Å². The fourth-order valence-electron chi connectivity index (χ4n) is 4.94. The Hall–Kier alpha value is -3.11. The maximum Gasteiger partial charge on any atom is 0.410 e. The molecule has 2 N–H and O–H groups in total. The van der Waals surface area contributed by atoms with Crippen LogP contribution in [0.4, 0.5) is 15.1 Å². The molecule has 0 spiro atoms. The van der Waals surface area contributed by atoms with Gasteiger partial charge in [0.15, 0.2) is 0 Å². The minimum Gasteiger partial charge on any atom is -0.444 e. The third-order valence-electron chi connectivity index (χ3n) is 6.97. The summed E-state index contributed by atoms with van der Waals surface area (Å²) in [5.41, 5.74) is -0.427. The quantitative estimate of drug-likeness (QED) is 0.411. The third-order valence-corrected chi connectivity index (χ3v) is 8.24. The first-order valence-electron chi connectivity index (χ1n) is 13.2. The molecule has 0 atom stereocenters. The molecule has 10 heteroatoms. The predicted octanol–water partition coefficient (Wildman–Crippen LogP) is 5.98. The fraction of sp³-hybridized carbons (Fsp3) is 0.500. The molecule has 38 heavy (non-hydrogen) atoms. The standard InChI is InChI=1S/C28H34FN5O3S/c1-27(2,3)37-26(35)34-16-13-28(36,14-17-34)24-33-22(19-10-6-7-11-20(19)29)23(38-24)21-12-15-30-25(32-21)31-18-8-4-5-9-18/h6-7,10-12,15,18,36H,4-5,8-9,13-14,16-17H2,1-3H3,(H,30,31,32). The summed E-state index contributed by atoms with van der Waals surface area (Å²) in [6.07, 6.45) is 6.46. The van der Waals surface area contributed by atoms with Crippen LogP contribution in [0.3, 0.4) is 0 Å². The average molecular weight is 540 g/mol. The van der Waals surface area contributed by atoms with Gasteiger partial charge in [-0.15, -0.1) is 11.3 Å². The van der Waals surface area contributed by atoms with E-state index >= 15 is 0 Å². The van der Waals surface area contributed by atoms with Gasteiger partial charge in [-0.3, -0.25) is 0 Å². The van der Waals surface area contributed by atoms with Crippen molar-refractivity contribution in [2.75, 3.05) is 18.4 Å². The van der Waals surface area contributed by atoms with Crippen LogP contribution >= 0.6 is 11.3 Å². The number of carbonyl (C=O) groups excluding carboxylic acids is 1. The Kier molecular flexibility index (Phi) is 7.37. The van der Waals surface area contributed by atoms with Crippen LogP contribution in [0, 0.1) is 5.82 Å². The molecule has 0 unspecified atom stereocenters. The molecule has 2 aliphatic rings. The monoisotopic (exact) mass is 539 g/mol. The van der Waals surface area contributed by atoms with Crippen molar-refractivity contribution in [3.8, 4) is 21.8 Å². The summed E-state index contributed by atoms with van der Waals surface area (Å²) in [5, 5.41) is 15.6. The molecule has 0 radical (unpaired) electrons. The van der Waals surface area contributed by atoms with Gasteiger partial charge in [-0.05, 0) is 51.8 Å². The van der Waals surface area contributed by atoms with Gasteiger partial charge in [0.25, 0.3) is 0 Å². The van der Waals surface area contributed by atoms with Crippen molar-refractivity contribution in [3.63, 3.8) is 0 Å². The molecule has 3 heterocycles. The molecule has 2 fully saturated rings. The van der Waals surface area contributed by atoms with E-state index in [2.05, 4.69) is 10.3 Å². The second-order valence-corrected chi connectivity index (χ2v) is 12.1. The Bertz CT molecular complexity index is 1290. The largest absolute Gasteiger partial charge is 0.444 e. The number of ether oxygens (including phenoxy) is 1. The zero-order valence-electron chi connectivity index (χ0n) is 22.0. The smallest absolute Gasteiger partial charge is 0.410 e. The van der Waals surface area contributed by atoms with Crippen molar-refractivity contribution < 1.29 is 19.0 Å². The number of benzene rings is 1. The lowest BCUT2D eigenvalue weighted by Crippen LogP contribution is -2.46. The Balaban J connectivity index is 1.45. The average Bonchev–Trinajstić information content (AvgIpc) is 3.55. The van der Waals surface area contributed by atoms with Crippen LogP contribution in [-0.4, -0.2) is 55.8 Å². The van der Waals surface area contributed by atoms with Crippen molar-refractivity contribution in [2.45, 2.75) is 76.5 Å². The van der Waals surface area contributed by atoms with Gasteiger partial charge < -0.3 is 20.1 Å². The molecule has 3 aromatic rings. The van der Waals surface area contributed by atoms with E-state index in [0.717, 1.165) is 12.8 Å². The zero-order chi connectivity index (χ0) is 26.9. The lowest BCUT2D eigenvalue weighted by Gasteiger charge is -2.37. The second kappa shape index (κ2) is 10.6. The zero-order valence-corrected chi connectivity index (χ0v) is 22.9. The lowest BCUT2D eigenvalue weighted by atomic mass is 9.92. The Morgan fingerprint density at radius 3 is 2.55 bits per heavy atom. The summed E-state index contributed by atoms with van der Waals surface area (Å²) >= 11 is 1.31. The number of piperidine rings is 1. The Morgan fingerprint density at radius 2 is 1.87 bits per heavy atom. The normalized spacial score (nSPS) is 18.0. The van der Waals surface area contributed by atoms with Crippen LogP contribution in [0.5, 0.6) is 0 Å². The van der Waals surface area contributed by atoms with Gasteiger partial charge in [0.05, 0.1) is 16.3 Å². The number of hydrogen-bond donors (Lipinski definition) is 2. The maximum atomic E-state index is 14.9. The van der Waals surface area contributed by atoms with Crippen molar-refractivity contribution in [3.05, 3.63) is 47.4 Å². The summed E-state index contributed by atoms with van der Waals surface area (Å²) in [7, 11) is 0. The van der Waals surface area contributed by atoms with E-state index in [0.29, 0.717) is 64.8 Å². The summed E-state index contributed by atoms with van der Waals surface area (Å²) in [6, 6.07) is 8.63. The molecule has 0 bridgehead atoms. The van der Waals surface area contributed by atoms with Crippen LogP contribution in [0.15, 0.2) is 36.5 Å². The number of aromatic nitrogens is 3. The number of carbonyl (C=O) groups is 1. The molecule has 8 nitrogen and oxygen atoms in total. The van der Waals surface area contributed by atoms with Crippen molar-refractivity contribution in [1.82, 2.24) is 19.9 Å². The molecule has 202 valence electrons. The van der Waals surface area contributed by atoms with Gasteiger partial charge >= 0.3 is 6.09 Å². The molecule has 2 aromatic heterocycles. The van der Waals surface area contributed by atoms with Gasteiger partial charge in [0, 0.05) is 43.7 Å². The molecule has 5 rings (SSSR count). The van der Waals surface area contributed by atoms with Crippen molar-refractivity contribution in [1.29, 1.82) is 0 Å². The van der Waals surface area contributed by atoms with E-state index < -0.39 is 23.1 Å². The van der Waals surface area contributed by atoms with Gasteiger partial charge in [-0.2, -0.15) is 0 Å². The summed E-state index contributed by atoms with van der Waals surface area (Å²) in [5.74, 6) is 0.143. The Labute approximate surface area is 226 Å². The van der Waals surface area contributed by atoms with E-state index in [1.807, 2.05) is 20.8 Å². The molecule has 1 aliphatic carbocycles. The highest BCUT2D eigenvalue weighted by Crippen LogP contribution is 2.43. The number of amides is 1. The minimum atomic E-state index is -1.25. The predicted molar refractivity (Wildman–Crippen MR) is 145 cm³/mol. The first kappa shape index (κ1) is 26.5. The number of likely N-dealkylation sites (tertiary alicyclic amines) is 1. The number of aliphatic hydroxyl groups is 1. The topological polar surface area (TPSA) is 100 Å². The van der Waals surface area contributed by atoms with Gasteiger partial charge in [-0.1, -0.05) is 25.0 Å². The van der Waals surface area contributed by atoms with Crippen LogP contribution in [0.1, 0.15) is 64.3 Å². The second-order valence-electron chi connectivity index (χ2n) is 11.1. The number of anilines is 1. The molecule has 1 saturated heterocycles. The van der Waals surface area contributed by atoms with Crippen LogP contribution in [0.2, 0.25) is 0 Å². The fourth-order valence-corrected chi connectivity index (χ4v) is 6.13. The van der Waals surface area contributed by atoms with Crippen LogP contribution < -0.4 is 5.32 Å². The van der Waals surface area contributed by atoms with Gasteiger partial charge in [0.1, 0.15) is 22.0 Å². The summed E-state index contributed by atoms with van der Waals surface area (Å²) in [6.45, 7) is 6.15. The molecule has 1 aliphatic heterocycles. The van der Waals surface area contributed by atoms with Crippen LogP contribution in [0.25, 0.3) is 21.8 Å². The van der Waals surface area contributed by atoms with E-state index in [1.165, 1.54) is 30.2 Å². The number of nitrogens with zero attached hydrogens (tertiary/aromatic N) is 4. The van der Waals surface area contributed by atoms with Crippen LogP contribution in [-0.2, 0) is 10.3 Å². The van der Waals surface area contributed by atoms with E-state index in [4.69, 9.17) is 14.7 Å². The number of nitrogens with one attached hydrogen (secondary N) is 1. The first-order valence-corrected chi connectivity index (χ1v) is 14.0. The first-order chi connectivity index (χ1) is 18.1. The number of thiazole rings is 1. The lowest BCUT2D eigenvalue weighted by molar-refractivity contribution is -0.0356. The molecular weight excluding hydrogens is 505 g/mol.